The minimum Gasteiger partial charge on any atom is -0.481 e. The minimum absolute atomic E-state index is 0.0741. The molecule has 15 atom stereocenters. The van der Waals surface area contributed by atoms with Gasteiger partial charge in [0.2, 0.25) is 0 Å². The lowest BCUT2D eigenvalue weighted by molar-refractivity contribution is -0.155. The van der Waals surface area contributed by atoms with Crippen LogP contribution in [0.3, 0.4) is 0 Å². The molecule has 7 fully saturated rings. The average Bonchev–Trinajstić information content (AvgIpc) is 3.85. The Kier molecular flexibility index (Phi) is 8.61. The molecule has 248 valence electrons. The lowest BCUT2D eigenvalue weighted by Gasteiger charge is -2.46. The number of hydrogen-bond donors (Lipinski definition) is 2. The summed E-state index contributed by atoms with van der Waals surface area (Å²) in [5.41, 5.74) is 0. The van der Waals surface area contributed by atoms with Gasteiger partial charge in [0.15, 0.2) is 6.29 Å². The predicted molar refractivity (Wildman–Crippen MR) is 158 cm³/mol. The van der Waals surface area contributed by atoms with Crippen molar-refractivity contribution >= 4 is 23.9 Å². The highest BCUT2D eigenvalue weighted by molar-refractivity contribution is 5.96. The van der Waals surface area contributed by atoms with E-state index in [2.05, 4.69) is 19.1 Å². The summed E-state index contributed by atoms with van der Waals surface area (Å²) in [5, 5.41) is 18.4. The van der Waals surface area contributed by atoms with Gasteiger partial charge in [0.1, 0.15) is 0 Å². The summed E-state index contributed by atoms with van der Waals surface area (Å²) in [6, 6.07) is 0. The van der Waals surface area contributed by atoms with Crippen molar-refractivity contribution in [2.45, 2.75) is 65.1 Å². The topological polar surface area (TPSA) is 146 Å². The highest BCUT2D eigenvalue weighted by atomic mass is 16.7. The third-order valence-corrected chi connectivity index (χ3v) is 13.4. The summed E-state index contributed by atoms with van der Waals surface area (Å²) in [4.78, 5) is 47.6. The number of cyclic esters (lactones) is 2. The molecule has 45 heavy (non-hydrogen) atoms. The molecule has 2 N–H and O–H groups in total. The molecule has 0 spiro atoms. The third-order valence-electron chi connectivity index (χ3n) is 13.4. The Hall–Kier alpha value is -2.30. The number of carbonyl (C=O) groups is 4. The van der Waals surface area contributed by atoms with Crippen LogP contribution >= 0.6 is 0 Å². The maximum atomic E-state index is 12.9. The van der Waals surface area contributed by atoms with Crippen molar-refractivity contribution in [3.05, 3.63) is 12.2 Å². The van der Waals surface area contributed by atoms with Crippen molar-refractivity contribution in [3.63, 3.8) is 0 Å². The van der Waals surface area contributed by atoms with Crippen LogP contribution in [0.5, 0.6) is 0 Å². The van der Waals surface area contributed by atoms with E-state index >= 15 is 0 Å². The van der Waals surface area contributed by atoms with E-state index in [1.807, 2.05) is 6.92 Å². The summed E-state index contributed by atoms with van der Waals surface area (Å²) < 4.78 is 22.2. The van der Waals surface area contributed by atoms with E-state index in [0.717, 1.165) is 44.9 Å². The maximum Gasteiger partial charge on any atom is 0.317 e. The second-order valence-electron chi connectivity index (χ2n) is 15.4. The van der Waals surface area contributed by atoms with Crippen molar-refractivity contribution in [1.29, 1.82) is 0 Å². The second-order valence-corrected chi connectivity index (χ2v) is 15.4. The van der Waals surface area contributed by atoms with Crippen LogP contribution in [0.2, 0.25) is 0 Å². The highest BCUT2D eigenvalue weighted by Gasteiger charge is 2.65. The number of allylic oxidation sites excluding steroid dienone is 2. The Balaban J connectivity index is 0.000000275. The molecule has 0 radical (unpaired) electrons. The van der Waals surface area contributed by atoms with Crippen molar-refractivity contribution in [3.8, 4) is 0 Å². The molecule has 5 saturated carbocycles. The zero-order valence-electron chi connectivity index (χ0n) is 26.3. The van der Waals surface area contributed by atoms with E-state index in [-0.39, 0.29) is 47.8 Å². The quantitative estimate of drug-likeness (QED) is 0.164. The number of carboxylic acid groups (broad SMARTS) is 2. The van der Waals surface area contributed by atoms with E-state index in [9.17, 15) is 24.3 Å². The van der Waals surface area contributed by atoms with Gasteiger partial charge in [-0.05, 0) is 104 Å². The molecule has 10 nitrogen and oxygen atoms in total. The van der Waals surface area contributed by atoms with Crippen LogP contribution in [-0.4, -0.2) is 66.8 Å². The van der Waals surface area contributed by atoms with Gasteiger partial charge in [0.05, 0.1) is 43.5 Å². The summed E-state index contributed by atoms with van der Waals surface area (Å²) in [6.07, 6.45) is 10.6. The van der Waals surface area contributed by atoms with E-state index in [4.69, 9.17) is 24.1 Å². The van der Waals surface area contributed by atoms with Crippen LogP contribution in [0.1, 0.15) is 58.8 Å². The molecule has 15 unspecified atom stereocenters. The summed E-state index contributed by atoms with van der Waals surface area (Å²) >= 11 is 0. The van der Waals surface area contributed by atoms with Crippen LogP contribution in [0.25, 0.3) is 0 Å². The highest BCUT2D eigenvalue weighted by Crippen LogP contribution is 2.68. The number of ether oxygens (including phenoxy) is 4. The fraction of sp³-hybridized carbons (Fsp3) is 0.829. The van der Waals surface area contributed by atoms with Gasteiger partial charge < -0.3 is 29.2 Å². The minimum atomic E-state index is -0.660. The Morgan fingerprint density at radius 2 is 1.53 bits per heavy atom. The molecule has 6 aliphatic carbocycles. The SMILES string of the molecule is CC1C(=O)OC(=O)C1C1C2CC(COCCC3OCCO3)C(C2)C1C1C2CC(C(=O)O)C(C2)C1C.O=C(O)C1CC2C=CC1C2. The predicted octanol–water partition coefficient (Wildman–Crippen LogP) is 4.27. The van der Waals surface area contributed by atoms with Crippen LogP contribution in [0.4, 0.5) is 0 Å². The Morgan fingerprint density at radius 3 is 2.11 bits per heavy atom. The summed E-state index contributed by atoms with van der Waals surface area (Å²) in [7, 11) is 0. The number of fused-ring (bicyclic) bond motifs is 6. The van der Waals surface area contributed by atoms with E-state index < -0.39 is 17.9 Å². The normalized spacial score (nSPS) is 47.5. The van der Waals surface area contributed by atoms with Gasteiger partial charge in [-0.2, -0.15) is 0 Å². The number of aliphatic carboxylic acids is 2. The first-order chi connectivity index (χ1) is 21.6. The first-order valence-corrected chi connectivity index (χ1v) is 17.3. The summed E-state index contributed by atoms with van der Waals surface area (Å²) in [6.45, 7) is 6.69. The largest absolute Gasteiger partial charge is 0.481 e. The van der Waals surface area contributed by atoms with Gasteiger partial charge in [0, 0.05) is 13.0 Å². The van der Waals surface area contributed by atoms with Crippen molar-refractivity contribution in [1.82, 2.24) is 0 Å². The van der Waals surface area contributed by atoms with Crippen LogP contribution < -0.4 is 0 Å². The fourth-order valence-electron chi connectivity index (χ4n) is 11.7. The lowest BCUT2D eigenvalue weighted by Crippen LogP contribution is -2.45. The number of hydrogen-bond acceptors (Lipinski definition) is 8. The molecule has 8 aliphatic rings. The molecule has 0 amide bonds. The molecule has 0 aromatic heterocycles. The van der Waals surface area contributed by atoms with Crippen molar-refractivity contribution < 1.29 is 48.3 Å². The molecule has 2 aliphatic heterocycles. The molecule has 2 heterocycles. The molecular weight excluding hydrogens is 580 g/mol. The number of esters is 2. The average molecular weight is 629 g/mol. The van der Waals surface area contributed by atoms with Gasteiger partial charge in [-0.3, -0.25) is 19.2 Å². The first-order valence-electron chi connectivity index (χ1n) is 17.3. The van der Waals surface area contributed by atoms with E-state index in [1.165, 1.54) is 0 Å². The molecular formula is C35H48O10. The Bertz CT molecular complexity index is 1210. The molecule has 0 aromatic rings. The first kappa shape index (κ1) is 31.3. The number of rotatable bonds is 9. The Labute approximate surface area is 264 Å². The molecule has 2 saturated heterocycles. The van der Waals surface area contributed by atoms with Gasteiger partial charge in [-0.1, -0.05) is 26.0 Å². The monoisotopic (exact) mass is 628 g/mol. The van der Waals surface area contributed by atoms with Crippen LogP contribution in [-0.2, 0) is 38.1 Å². The Morgan fingerprint density at radius 1 is 0.822 bits per heavy atom. The van der Waals surface area contributed by atoms with E-state index in [1.54, 1.807) is 0 Å². The fourth-order valence-corrected chi connectivity index (χ4v) is 11.7. The van der Waals surface area contributed by atoms with Gasteiger partial charge in [-0.15, -0.1) is 0 Å². The molecule has 8 rings (SSSR count). The second kappa shape index (κ2) is 12.4. The number of carbonyl (C=O) groups excluding carboxylic acids is 2. The maximum absolute atomic E-state index is 12.9. The zero-order chi connectivity index (χ0) is 31.6. The zero-order valence-corrected chi connectivity index (χ0v) is 26.3. The molecule has 0 aromatic carbocycles. The van der Waals surface area contributed by atoms with Crippen molar-refractivity contribution in [2.75, 3.05) is 26.4 Å². The lowest BCUT2D eigenvalue weighted by atomic mass is 9.57. The molecule has 10 heteroatoms. The summed E-state index contributed by atoms with van der Waals surface area (Å²) in [5.74, 6) is 0.985. The van der Waals surface area contributed by atoms with Gasteiger partial charge in [-0.25, -0.2) is 0 Å². The van der Waals surface area contributed by atoms with E-state index in [0.29, 0.717) is 79.7 Å². The molecule has 6 bridgehead atoms. The van der Waals surface area contributed by atoms with Gasteiger partial charge in [0.25, 0.3) is 0 Å². The van der Waals surface area contributed by atoms with Crippen molar-refractivity contribution in [2.24, 2.45) is 88.8 Å². The number of carboxylic acids is 2. The van der Waals surface area contributed by atoms with Gasteiger partial charge >= 0.3 is 23.9 Å². The smallest absolute Gasteiger partial charge is 0.317 e. The van der Waals surface area contributed by atoms with Crippen LogP contribution in [0.15, 0.2) is 12.2 Å². The van der Waals surface area contributed by atoms with Crippen LogP contribution in [0, 0.1) is 88.8 Å². The standard InChI is InChI=1S/C27H38O8.C8H10O2/c1-12-17-8-15(10-19(17)25(28)29)21(12)24-18-9-14(23(24)22-13(2)26(30)35-27(22)31)7-16(18)11-32-4-3-20-33-5-6-34-20;9-8(10)7-4-5-1-2-6(7)3-5/h12-24H,3-11H2,1-2H3,(H,28,29);1-2,5-7H,3-4H2,(H,9,10). The third kappa shape index (κ3) is 5.56.